The second-order valence-electron chi connectivity index (χ2n) is 10.6. The lowest BCUT2D eigenvalue weighted by Crippen LogP contribution is -2.57. The Labute approximate surface area is 222 Å². The molecule has 4 atom stereocenters. The van der Waals surface area contributed by atoms with Gasteiger partial charge in [-0.1, -0.05) is 30.0 Å². The van der Waals surface area contributed by atoms with Gasteiger partial charge < -0.3 is 24.0 Å². The zero-order chi connectivity index (χ0) is 26.6. The van der Waals surface area contributed by atoms with E-state index in [0.29, 0.717) is 23.7 Å². The number of esters is 1. The SMILES string of the molecule is CN(C)[C@H]1C[C@@H](CN(C(=O)OC(C)(C)C)C2CC2)O[C@@H](Sc2ncccn2)[C@@H]1OC(=O)c1ccccc1. The Kier molecular flexibility index (Phi) is 8.71. The van der Waals surface area contributed by atoms with Crippen LogP contribution in [0.3, 0.4) is 0 Å². The van der Waals surface area contributed by atoms with Gasteiger partial charge in [-0.25, -0.2) is 19.6 Å². The van der Waals surface area contributed by atoms with Crippen molar-refractivity contribution in [2.75, 3.05) is 20.6 Å². The van der Waals surface area contributed by atoms with Crippen LogP contribution in [0.5, 0.6) is 0 Å². The van der Waals surface area contributed by atoms with Crippen LogP contribution < -0.4 is 0 Å². The van der Waals surface area contributed by atoms with Crippen molar-refractivity contribution in [3.05, 3.63) is 54.4 Å². The fourth-order valence-corrected chi connectivity index (χ4v) is 5.31. The second-order valence-corrected chi connectivity index (χ2v) is 11.7. The van der Waals surface area contributed by atoms with Crippen LogP contribution in [0.4, 0.5) is 4.79 Å². The van der Waals surface area contributed by atoms with Crippen LogP contribution in [-0.2, 0) is 14.2 Å². The van der Waals surface area contributed by atoms with Gasteiger partial charge in [0.15, 0.2) is 11.3 Å². The molecule has 1 aliphatic heterocycles. The van der Waals surface area contributed by atoms with E-state index in [1.165, 1.54) is 11.8 Å². The van der Waals surface area contributed by atoms with Crippen molar-refractivity contribution in [3.63, 3.8) is 0 Å². The highest BCUT2D eigenvalue weighted by molar-refractivity contribution is 7.99. The molecule has 2 fully saturated rings. The summed E-state index contributed by atoms with van der Waals surface area (Å²) in [5.74, 6) is -0.410. The number of hydrogen-bond acceptors (Lipinski definition) is 9. The molecule has 0 unspecified atom stereocenters. The molecule has 9 nitrogen and oxygen atoms in total. The Balaban J connectivity index is 1.56. The van der Waals surface area contributed by atoms with Crippen molar-refractivity contribution >= 4 is 23.8 Å². The van der Waals surface area contributed by atoms with Crippen LogP contribution in [0.15, 0.2) is 53.9 Å². The molecule has 0 bridgehead atoms. The lowest BCUT2D eigenvalue weighted by molar-refractivity contribution is -0.122. The van der Waals surface area contributed by atoms with E-state index < -0.39 is 23.1 Å². The molecule has 10 heteroatoms. The number of hydrogen-bond donors (Lipinski definition) is 0. The van der Waals surface area contributed by atoms with Gasteiger partial charge in [0.2, 0.25) is 0 Å². The third-order valence-corrected chi connectivity index (χ3v) is 7.21. The van der Waals surface area contributed by atoms with Gasteiger partial charge in [-0.15, -0.1) is 0 Å². The van der Waals surface area contributed by atoms with Gasteiger partial charge in [-0.2, -0.15) is 0 Å². The molecule has 1 saturated carbocycles. The first-order valence-electron chi connectivity index (χ1n) is 12.6. The fraction of sp³-hybridized carbons (Fsp3) is 0.556. The lowest BCUT2D eigenvalue weighted by atomic mass is 9.98. The smallest absolute Gasteiger partial charge is 0.410 e. The number of carbonyl (C=O) groups is 2. The maximum Gasteiger partial charge on any atom is 0.410 e. The Bertz CT molecular complexity index is 1050. The highest BCUT2D eigenvalue weighted by Gasteiger charge is 2.46. The van der Waals surface area contributed by atoms with Crippen LogP contribution in [0.2, 0.25) is 0 Å². The molecule has 1 saturated heterocycles. The number of benzene rings is 1. The Morgan fingerprint density at radius 2 is 1.76 bits per heavy atom. The Morgan fingerprint density at radius 1 is 1.08 bits per heavy atom. The standard InChI is InChI=1S/C27H36N4O5S/c1-27(2,3)36-26(33)31(19-12-13-19)17-20-16-21(30(4)5)22(35-23(32)18-10-7-6-8-11-18)24(34-20)37-25-28-14-9-15-29-25/h6-11,14-15,19-22,24H,12-13,16-17H2,1-5H3/t20-,21-,22+,24-/m0/s1. The van der Waals surface area contributed by atoms with Crippen molar-refractivity contribution in [2.45, 2.75) is 80.5 Å². The largest absolute Gasteiger partial charge is 0.453 e. The summed E-state index contributed by atoms with van der Waals surface area (Å²) in [4.78, 5) is 38.6. The quantitative estimate of drug-likeness (QED) is 0.368. The average molecular weight is 529 g/mol. The summed E-state index contributed by atoms with van der Waals surface area (Å²) in [5, 5.41) is 0.526. The number of rotatable bonds is 8. The van der Waals surface area contributed by atoms with E-state index in [-0.39, 0.29) is 24.3 Å². The molecule has 2 aliphatic rings. The highest BCUT2D eigenvalue weighted by Crippen LogP contribution is 2.37. The summed E-state index contributed by atoms with van der Waals surface area (Å²) in [6, 6.07) is 10.7. The Hall–Kier alpha value is -2.69. The summed E-state index contributed by atoms with van der Waals surface area (Å²) in [6.07, 6.45) is 4.64. The molecule has 1 aliphatic carbocycles. The van der Waals surface area contributed by atoms with Crippen LogP contribution in [0.1, 0.15) is 50.4 Å². The molecule has 0 N–H and O–H groups in total. The van der Waals surface area contributed by atoms with Crippen molar-refractivity contribution in [2.24, 2.45) is 0 Å². The maximum atomic E-state index is 13.1. The summed E-state index contributed by atoms with van der Waals surface area (Å²) in [5.41, 5.74) is -0.670. The van der Waals surface area contributed by atoms with Gasteiger partial charge in [-0.05, 0) is 72.3 Å². The number of ether oxygens (including phenoxy) is 3. The third kappa shape index (κ3) is 7.66. The molecule has 0 spiro atoms. The zero-order valence-corrected chi connectivity index (χ0v) is 22.9. The molecule has 1 aromatic carbocycles. The predicted molar refractivity (Wildman–Crippen MR) is 140 cm³/mol. The van der Waals surface area contributed by atoms with E-state index in [4.69, 9.17) is 14.2 Å². The highest BCUT2D eigenvalue weighted by atomic mass is 32.2. The molecular formula is C27H36N4O5S. The first kappa shape index (κ1) is 27.3. The number of thioether (sulfide) groups is 1. The van der Waals surface area contributed by atoms with Crippen molar-refractivity contribution < 1.29 is 23.8 Å². The molecule has 2 heterocycles. The number of aromatic nitrogens is 2. The van der Waals surface area contributed by atoms with Gasteiger partial charge in [0.1, 0.15) is 11.0 Å². The number of amides is 1. The molecule has 4 rings (SSSR count). The predicted octanol–water partition coefficient (Wildman–Crippen LogP) is 4.24. The van der Waals surface area contributed by atoms with Gasteiger partial charge in [0.05, 0.1) is 24.3 Å². The van der Waals surface area contributed by atoms with E-state index >= 15 is 0 Å². The van der Waals surface area contributed by atoms with Crippen molar-refractivity contribution in [3.8, 4) is 0 Å². The minimum Gasteiger partial charge on any atom is -0.453 e. The number of nitrogens with zero attached hydrogens (tertiary/aromatic N) is 4. The molecule has 200 valence electrons. The number of likely N-dealkylation sites (N-methyl/N-ethyl adjacent to an activating group) is 1. The van der Waals surface area contributed by atoms with Gasteiger partial charge >= 0.3 is 12.1 Å². The topological polar surface area (TPSA) is 94.1 Å². The Morgan fingerprint density at radius 3 is 2.35 bits per heavy atom. The van der Waals surface area contributed by atoms with E-state index in [9.17, 15) is 9.59 Å². The van der Waals surface area contributed by atoms with Gasteiger partial charge in [0.25, 0.3) is 0 Å². The average Bonchev–Trinajstić information content (AvgIpc) is 3.69. The minimum absolute atomic E-state index is 0.146. The minimum atomic E-state index is -0.580. The van der Waals surface area contributed by atoms with Crippen LogP contribution in [0, 0.1) is 0 Å². The molecule has 1 aromatic heterocycles. The van der Waals surface area contributed by atoms with Gasteiger partial charge in [-0.3, -0.25) is 0 Å². The summed E-state index contributed by atoms with van der Waals surface area (Å²) < 4.78 is 18.3. The molecule has 0 radical (unpaired) electrons. The fourth-order valence-electron chi connectivity index (χ4n) is 4.27. The summed E-state index contributed by atoms with van der Waals surface area (Å²) in [6.45, 7) is 6.00. The first-order chi connectivity index (χ1) is 17.6. The molecule has 1 amide bonds. The summed E-state index contributed by atoms with van der Waals surface area (Å²) >= 11 is 1.32. The van der Waals surface area contributed by atoms with Crippen molar-refractivity contribution in [1.82, 2.24) is 19.8 Å². The van der Waals surface area contributed by atoms with E-state index in [0.717, 1.165) is 12.8 Å². The van der Waals surface area contributed by atoms with E-state index in [2.05, 4.69) is 9.97 Å². The van der Waals surface area contributed by atoms with Crippen LogP contribution in [0.25, 0.3) is 0 Å². The molecule has 37 heavy (non-hydrogen) atoms. The van der Waals surface area contributed by atoms with E-state index in [1.54, 1.807) is 47.6 Å². The maximum absolute atomic E-state index is 13.1. The van der Waals surface area contributed by atoms with Crippen molar-refractivity contribution in [1.29, 1.82) is 0 Å². The zero-order valence-electron chi connectivity index (χ0n) is 22.1. The lowest BCUT2D eigenvalue weighted by Gasteiger charge is -2.44. The number of carbonyl (C=O) groups excluding carboxylic acids is 2. The second kappa shape index (κ2) is 11.8. The monoisotopic (exact) mass is 528 g/mol. The van der Waals surface area contributed by atoms with Gasteiger partial charge in [0, 0.05) is 18.4 Å². The van der Waals surface area contributed by atoms with Crippen LogP contribution in [-0.4, -0.2) is 87.8 Å². The first-order valence-corrected chi connectivity index (χ1v) is 13.5. The normalized spacial score (nSPS) is 23.9. The third-order valence-electron chi connectivity index (χ3n) is 6.17. The van der Waals surface area contributed by atoms with E-state index in [1.807, 2.05) is 45.8 Å². The van der Waals surface area contributed by atoms with Crippen LogP contribution >= 0.6 is 11.8 Å². The molecular weight excluding hydrogens is 492 g/mol. The summed E-state index contributed by atoms with van der Waals surface area (Å²) in [7, 11) is 3.92. The molecule has 2 aromatic rings.